The number of hydrogen-bond acceptors (Lipinski definition) is 4. The quantitative estimate of drug-likeness (QED) is 0.835. The molecule has 2 heterocycles. The van der Waals surface area contributed by atoms with Gasteiger partial charge in [0.05, 0.1) is 30.1 Å². The zero-order valence-corrected chi connectivity index (χ0v) is 12.2. The van der Waals surface area contributed by atoms with Crippen LogP contribution in [0.5, 0.6) is 0 Å². The van der Waals surface area contributed by atoms with E-state index in [1.165, 1.54) is 16.6 Å². The second-order valence-corrected chi connectivity index (χ2v) is 6.66. The molecule has 112 valence electrons. The van der Waals surface area contributed by atoms with Crippen molar-refractivity contribution in [1.82, 2.24) is 8.87 Å². The highest BCUT2D eigenvalue weighted by Crippen LogP contribution is 2.26. The lowest BCUT2D eigenvalue weighted by atomic mass is 10.0. The summed E-state index contributed by atoms with van der Waals surface area (Å²) in [5.74, 6) is -1.86. The fourth-order valence-corrected chi connectivity index (χ4v) is 4.12. The first-order chi connectivity index (χ1) is 9.37. The lowest BCUT2D eigenvalue weighted by molar-refractivity contribution is -0.142. The third-order valence-electron chi connectivity index (χ3n) is 3.46. The summed E-state index contributed by atoms with van der Waals surface area (Å²) < 4.78 is 33.2. The Morgan fingerprint density at radius 2 is 2.25 bits per heavy atom. The Bertz CT molecular complexity index is 595. The van der Waals surface area contributed by atoms with E-state index < -0.39 is 28.0 Å². The first kappa shape index (κ1) is 15.0. The molecule has 0 radical (unpaired) electrons. The van der Waals surface area contributed by atoms with Gasteiger partial charge in [0.15, 0.2) is 0 Å². The highest BCUT2D eigenvalue weighted by Gasteiger charge is 2.42. The summed E-state index contributed by atoms with van der Waals surface area (Å²) in [7, 11) is -1.98. The van der Waals surface area contributed by atoms with Gasteiger partial charge in [-0.2, -0.15) is 4.31 Å². The minimum absolute atomic E-state index is 0.0425. The van der Waals surface area contributed by atoms with E-state index in [1.807, 2.05) is 0 Å². The highest BCUT2D eigenvalue weighted by atomic mass is 32.2. The lowest BCUT2D eigenvalue weighted by Gasteiger charge is -2.27. The molecule has 1 N–H and O–H groups in total. The summed E-state index contributed by atoms with van der Waals surface area (Å²) in [6.45, 7) is 2.05. The van der Waals surface area contributed by atoms with Crippen LogP contribution >= 0.6 is 0 Å². The van der Waals surface area contributed by atoms with Crippen LogP contribution in [0.2, 0.25) is 0 Å². The maximum absolute atomic E-state index is 12.6. The Hall–Kier alpha value is -1.38. The molecule has 20 heavy (non-hydrogen) atoms. The Kier molecular flexibility index (Phi) is 4.17. The maximum Gasteiger partial charge on any atom is 0.310 e. The van der Waals surface area contributed by atoms with Crippen LogP contribution in [-0.2, 0) is 26.6 Å². The van der Waals surface area contributed by atoms with Gasteiger partial charge in [0.25, 0.3) is 0 Å². The number of rotatable bonds is 5. The lowest BCUT2D eigenvalue weighted by Crippen LogP contribution is -2.46. The summed E-state index contributed by atoms with van der Waals surface area (Å²) in [6, 6.07) is 0.839. The molecule has 1 aliphatic rings. The second-order valence-electron chi connectivity index (χ2n) is 4.77. The fourth-order valence-electron chi connectivity index (χ4n) is 2.41. The summed E-state index contributed by atoms with van der Waals surface area (Å²) in [6.07, 6.45) is 3.14. The third-order valence-corrected chi connectivity index (χ3v) is 5.44. The molecule has 0 saturated carbocycles. The molecule has 2 rings (SSSR count). The van der Waals surface area contributed by atoms with Gasteiger partial charge in [-0.15, -0.1) is 0 Å². The van der Waals surface area contributed by atoms with Crippen molar-refractivity contribution in [3.05, 3.63) is 18.5 Å². The van der Waals surface area contributed by atoms with E-state index in [9.17, 15) is 13.2 Å². The SMILES string of the molecule is CCN(C1COCC1C(=O)O)S(=O)(=O)c1ccn(C)c1. The molecule has 0 bridgehead atoms. The van der Waals surface area contributed by atoms with Gasteiger partial charge in [0.2, 0.25) is 10.0 Å². The number of carbonyl (C=O) groups is 1. The van der Waals surface area contributed by atoms with E-state index in [0.29, 0.717) is 0 Å². The Morgan fingerprint density at radius 1 is 1.55 bits per heavy atom. The van der Waals surface area contributed by atoms with E-state index in [2.05, 4.69) is 0 Å². The van der Waals surface area contributed by atoms with Gasteiger partial charge in [-0.05, 0) is 6.07 Å². The number of sulfonamides is 1. The molecule has 1 aromatic heterocycles. The molecule has 1 aromatic rings. The van der Waals surface area contributed by atoms with Crippen LogP contribution in [0.1, 0.15) is 6.92 Å². The zero-order chi connectivity index (χ0) is 14.9. The summed E-state index contributed by atoms with van der Waals surface area (Å²) in [5, 5.41) is 9.16. The molecule has 0 aliphatic carbocycles. The number of aryl methyl sites for hydroxylation is 1. The average Bonchev–Trinajstić information content (AvgIpc) is 2.98. The van der Waals surface area contributed by atoms with Crippen molar-refractivity contribution in [2.45, 2.75) is 17.9 Å². The summed E-state index contributed by atoms with van der Waals surface area (Å²) in [4.78, 5) is 11.4. The number of ether oxygens (including phenoxy) is 1. The van der Waals surface area contributed by atoms with Gasteiger partial charge < -0.3 is 14.4 Å². The number of aromatic nitrogens is 1. The first-order valence-corrected chi connectivity index (χ1v) is 7.76. The minimum Gasteiger partial charge on any atom is -0.481 e. The number of carboxylic acid groups (broad SMARTS) is 1. The van der Waals surface area contributed by atoms with Crippen molar-refractivity contribution in [2.24, 2.45) is 13.0 Å². The molecule has 0 aromatic carbocycles. The molecule has 2 unspecified atom stereocenters. The maximum atomic E-state index is 12.6. The van der Waals surface area contributed by atoms with Crippen LogP contribution in [0.3, 0.4) is 0 Å². The largest absolute Gasteiger partial charge is 0.481 e. The minimum atomic E-state index is -3.71. The molecule has 0 spiro atoms. The summed E-state index contributed by atoms with van der Waals surface area (Å²) >= 11 is 0. The molecule has 8 heteroatoms. The molecule has 1 fully saturated rings. The molecule has 1 aliphatic heterocycles. The first-order valence-electron chi connectivity index (χ1n) is 6.32. The standard InChI is InChI=1S/C12H18N2O5S/c1-3-14(11-8-19-7-10(11)12(15)16)20(17,18)9-4-5-13(2)6-9/h4-6,10-11H,3,7-8H2,1-2H3,(H,15,16). The van der Waals surface area contributed by atoms with Gasteiger partial charge >= 0.3 is 5.97 Å². The van der Waals surface area contributed by atoms with Crippen molar-refractivity contribution >= 4 is 16.0 Å². The van der Waals surface area contributed by atoms with Crippen LogP contribution in [0.4, 0.5) is 0 Å². The Balaban J connectivity index is 2.34. The molecule has 2 atom stereocenters. The van der Waals surface area contributed by atoms with E-state index >= 15 is 0 Å². The van der Waals surface area contributed by atoms with Crippen molar-refractivity contribution in [3.8, 4) is 0 Å². The van der Waals surface area contributed by atoms with E-state index in [1.54, 1.807) is 24.7 Å². The Labute approximate surface area is 117 Å². The fraction of sp³-hybridized carbons (Fsp3) is 0.583. The van der Waals surface area contributed by atoms with Crippen molar-refractivity contribution in [1.29, 1.82) is 0 Å². The molecule has 7 nitrogen and oxygen atoms in total. The second kappa shape index (κ2) is 5.55. The van der Waals surface area contributed by atoms with Gasteiger partial charge in [0, 0.05) is 26.0 Å². The topological polar surface area (TPSA) is 88.8 Å². The van der Waals surface area contributed by atoms with E-state index in [-0.39, 0.29) is 24.7 Å². The van der Waals surface area contributed by atoms with E-state index in [4.69, 9.17) is 9.84 Å². The zero-order valence-electron chi connectivity index (χ0n) is 11.4. The summed E-state index contributed by atoms with van der Waals surface area (Å²) in [5.41, 5.74) is 0. The van der Waals surface area contributed by atoms with Crippen LogP contribution in [0, 0.1) is 5.92 Å². The van der Waals surface area contributed by atoms with Crippen molar-refractivity contribution in [3.63, 3.8) is 0 Å². The van der Waals surface area contributed by atoms with Crippen LogP contribution in [0.25, 0.3) is 0 Å². The smallest absolute Gasteiger partial charge is 0.310 e. The third kappa shape index (κ3) is 2.58. The number of likely N-dealkylation sites (N-methyl/N-ethyl adjacent to an activating group) is 1. The predicted molar refractivity (Wildman–Crippen MR) is 70.7 cm³/mol. The Morgan fingerprint density at radius 3 is 2.75 bits per heavy atom. The molecular weight excluding hydrogens is 284 g/mol. The van der Waals surface area contributed by atoms with Gasteiger partial charge in [-0.3, -0.25) is 4.79 Å². The van der Waals surface area contributed by atoms with Gasteiger partial charge in [0.1, 0.15) is 0 Å². The number of aliphatic carboxylic acids is 1. The molecule has 1 saturated heterocycles. The van der Waals surface area contributed by atoms with E-state index in [0.717, 1.165) is 0 Å². The van der Waals surface area contributed by atoms with Crippen LogP contribution in [0.15, 0.2) is 23.4 Å². The molecular formula is C12H18N2O5S. The van der Waals surface area contributed by atoms with Gasteiger partial charge in [-0.1, -0.05) is 6.92 Å². The monoisotopic (exact) mass is 302 g/mol. The van der Waals surface area contributed by atoms with Crippen molar-refractivity contribution in [2.75, 3.05) is 19.8 Å². The van der Waals surface area contributed by atoms with Gasteiger partial charge in [-0.25, -0.2) is 8.42 Å². The number of hydrogen-bond donors (Lipinski definition) is 1. The van der Waals surface area contributed by atoms with Crippen LogP contribution < -0.4 is 0 Å². The average molecular weight is 302 g/mol. The number of nitrogens with zero attached hydrogens (tertiary/aromatic N) is 2. The predicted octanol–water partition coefficient (Wildman–Crippen LogP) is 0.135. The van der Waals surface area contributed by atoms with Crippen LogP contribution in [-0.4, -0.2) is 54.2 Å². The van der Waals surface area contributed by atoms with Crippen molar-refractivity contribution < 1.29 is 23.1 Å². The normalized spacial score (nSPS) is 23.4. The number of carboxylic acids is 1. The highest BCUT2D eigenvalue weighted by molar-refractivity contribution is 7.89. The molecule has 0 amide bonds.